The summed E-state index contributed by atoms with van der Waals surface area (Å²) in [6.45, 7) is 1.97. The van der Waals surface area contributed by atoms with Gasteiger partial charge in [0.25, 0.3) is 0 Å². The molecular weight excluding hydrogens is 371 g/mol. The Morgan fingerprint density at radius 1 is 0.615 bits per heavy atom. The maximum Gasteiger partial charge on any atom is 0.116 e. The van der Waals surface area contributed by atoms with E-state index in [1.165, 1.54) is 12.1 Å². The van der Waals surface area contributed by atoms with Crippen molar-refractivity contribution < 1.29 is 15.3 Å². The Bertz CT molecular complexity index is 893. The highest BCUT2D eigenvalue weighted by Crippen LogP contribution is 2.31. The molecule has 3 rings (SSSR count). The molecule has 0 unspecified atom stereocenters. The molecule has 0 radical (unpaired) electrons. The first-order valence-electron chi connectivity index (χ1n) is 8.09. The van der Waals surface area contributed by atoms with Crippen molar-refractivity contribution in [1.29, 1.82) is 0 Å². The summed E-state index contributed by atoms with van der Waals surface area (Å²) in [5.74, 6) is 0.441. The van der Waals surface area contributed by atoms with Crippen molar-refractivity contribution in [2.45, 2.75) is 19.8 Å². The van der Waals surface area contributed by atoms with Crippen molar-refractivity contribution in [2.24, 2.45) is 0 Å². The van der Waals surface area contributed by atoms with Gasteiger partial charge in [-0.25, -0.2) is 0 Å². The van der Waals surface area contributed by atoms with Crippen LogP contribution in [0, 0.1) is 6.92 Å². The summed E-state index contributed by atoms with van der Waals surface area (Å²) in [6.07, 6.45) is 0.961. The Kier molecular flexibility index (Phi) is 5.30. The van der Waals surface area contributed by atoms with Gasteiger partial charge in [0, 0.05) is 10.0 Å². The van der Waals surface area contributed by atoms with Crippen LogP contribution in [0.1, 0.15) is 27.8 Å². The predicted molar refractivity (Wildman–Crippen MR) is 105 cm³/mol. The fourth-order valence-corrected chi connectivity index (χ4v) is 3.36. The Balaban J connectivity index is 1.98. The lowest BCUT2D eigenvalue weighted by Crippen LogP contribution is -1.99. The van der Waals surface area contributed by atoms with Crippen molar-refractivity contribution >= 4 is 23.2 Å². The molecule has 0 fully saturated rings. The molecule has 134 valence electrons. The largest absolute Gasteiger partial charge is 0.508 e. The maximum atomic E-state index is 10.2. The van der Waals surface area contributed by atoms with Gasteiger partial charge >= 0.3 is 0 Å². The van der Waals surface area contributed by atoms with E-state index in [2.05, 4.69) is 0 Å². The second kappa shape index (κ2) is 7.48. The van der Waals surface area contributed by atoms with Crippen LogP contribution in [0.2, 0.25) is 10.0 Å². The first-order chi connectivity index (χ1) is 12.3. The Labute approximate surface area is 162 Å². The van der Waals surface area contributed by atoms with Crippen molar-refractivity contribution in [3.63, 3.8) is 0 Å². The third kappa shape index (κ3) is 4.06. The molecule has 3 nitrogen and oxygen atoms in total. The van der Waals surface area contributed by atoms with Crippen LogP contribution < -0.4 is 0 Å². The summed E-state index contributed by atoms with van der Waals surface area (Å²) in [4.78, 5) is 0. The van der Waals surface area contributed by atoms with Crippen molar-refractivity contribution in [3.05, 3.63) is 86.4 Å². The molecule has 3 aromatic rings. The number of benzene rings is 3. The van der Waals surface area contributed by atoms with E-state index in [4.69, 9.17) is 23.2 Å². The van der Waals surface area contributed by atoms with E-state index in [-0.39, 0.29) is 17.2 Å². The lowest BCUT2D eigenvalue weighted by Gasteiger charge is -2.14. The molecule has 26 heavy (non-hydrogen) atoms. The van der Waals surface area contributed by atoms with Gasteiger partial charge in [0.05, 0.1) is 0 Å². The van der Waals surface area contributed by atoms with Gasteiger partial charge in [-0.1, -0.05) is 23.2 Å². The molecule has 0 aliphatic rings. The summed E-state index contributed by atoms with van der Waals surface area (Å²) >= 11 is 12.5. The molecule has 0 amide bonds. The van der Waals surface area contributed by atoms with Crippen LogP contribution in [0.15, 0.2) is 48.5 Å². The van der Waals surface area contributed by atoms with Gasteiger partial charge in [-0.3, -0.25) is 0 Å². The fourth-order valence-electron chi connectivity index (χ4n) is 2.99. The third-order valence-corrected chi connectivity index (χ3v) is 5.17. The van der Waals surface area contributed by atoms with Crippen molar-refractivity contribution in [1.82, 2.24) is 0 Å². The lowest BCUT2D eigenvalue weighted by molar-refractivity contribution is 0.473. The molecular formula is C21H18Cl2O3. The number of rotatable bonds is 4. The third-order valence-electron chi connectivity index (χ3n) is 4.43. The molecule has 0 saturated carbocycles. The van der Waals surface area contributed by atoms with E-state index in [9.17, 15) is 15.3 Å². The second-order valence-corrected chi connectivity index (χ2v) is 7.11. The molecule has 5 heteroatoms. The van der Waals surface area contributed by atoms with E-state index in [1.807, 2.05) is 6.92 Å². The van der Waals surface area contributed by atoms with Gasteiger partial charge in [0.2, 0.25) is 0 Å². The first-order valence-corrected chi connectivity index (χ1v) is 8.85. The molecule has 0 atom stereocenters. The zero-order valence-corrected chi connectivity index (χ0v) is 15.6. The number of halogens is 2. The van der Waals surface area contributed by atoms with Crippen LogP contribution in [0.5, 0.6) is 17.2 Å². The molecule has 0 heterocycles. The van der Waals surface area contributed by atoms with Crippen molar-refractivity contribution in [3.8, 4) is 17.2 Å². The number of hydrogen-bond acceptors (Lipinski definition) is 3. The zero-order valence-electron chi connectivity index (χ0n) is 14.1. The highest BCUT2D eigenvalue weighted by atomic mass is 35.5. The SMILES string of the molecule is Cc1c(Cc2cc(O)ccc2Cl)cc(O)cc1Cc1cc(O)ccc1Cl. The number of aromatic hydroxyl groups is 3. The maximum absolute atomic E-state index is 10.2. The van der Waals surface area contributed by atoms with E-state index in [0.29, 0.717) is 22.9 Å². The van der Waals surface area contributed by atoms with Gasteiger partial charge in [0.15, 0.2) is 0 Å². The molecule has 0 spiro atoms. The van der Waals surface area contributed by atoms with Crippen molar-refractivity contribution in [2.75, 3.05) is 0 Å². The highest BCUT2D eigenvalue weighted by Gasteiger charge is 2.12. The molecule has 0 saturated heterocycles. The van der Waals surface area contributed by atoms with Crippen LogP contribution in [0.4, 0.5) is 0 Å². The summed E-state index contributed by atoms with van der Waals surface area (Å²) < 4.78 is 0. The van der Waals surface area contributed by atoms with Crippen LogP contribution >= 0.6 is 23.2 Å². The van der Waals surface area contributed by atoms with Crippen LogP contribution in [-0.2, 0) is 12.8 Å². The summed E-state index contributed by atoms with van der Waals surface area (Å²) in [7, 11) is 0. The molecule has 0 aromatic heterocycles. The number of phenols is 3. The second-order valence-electron chi connectivity index (χ2n) is 6.29. The first kappa shape index (κ1) is 18.4. The Hall–Kier alpha value is -2.36. The molecule has 0 aliphatic heterocycles. The number of phenolic OH excluding ortho intramolecular Hbond substituents is 3. The van der Waals surface area contributed by atoms with Crippen LogP contribution in [0.3, 0.4) is 0 Å². The minimum atomic E-state index is 0.146. The van der Waals surface area contributed by atoms with E-state index < -0.39 is 0 Å². The smallest absolute Gasteiger partial charge is 0.116 e. The monoisotopic (exact) mass is 388 g/mol. The minimum absolute atomic E-state index is 0.146. The topological polar surface area (TPSA) is 60.7 Å². The van der Waals surface area contributed by atoms with E-state index in [0.717, 1.165) is 27.8 Å². The van der Waals surface area contributed by atoms with Gasteiger partial charge in [-0.05, 0) is 96.1 Å². The van der Waals surface area contributed by atoms with Gasteiger partial charge < -0.3 is 15.3 Å². The summed E-state index contributed by atoms with van der Waals surface area (Å²) in [6, 6.07) is 13.0. The van der Waals surface area contributed by atoms with Gasteiger partial charge in [-0.15, -0.1) is 0 Å². The highest BCUT2D eigenvalue weighted by molar-refractivity contribution is 6.31. The van der Waals surface area contributed by atoms with E-state index >= 15 is 0 Å². The molecule has 0 bridgehead atoms. The lowest BCUT2D eigenvalue weighted by atomic mass is 9.93. The average Bonchev–Trinajstić information content (AvgIpc) is 2.58. The Morgan fingerprint density at radius 3 is 1.42 bits per heavy atom. The summed E-state index contributed by atoms with van der Waals surface area (Å²) in [5, 5.41) is 30.7. The quantitative estimate of drug-likeness (QED) is 0.544. The molecule has 3 aromatic carbocycles. The average molecular weight is 389 g/mol. The summed E-state index contributed by atoms with van der Waals surface area (Å²) in [5.41, 5.74) is 4.37. The van der Waals surface area contributed by atoms with E-state index in [1.54, 1.807) is 36.4 Å². The fraction of sp³-hybridized carbons (Fsp3) is 0.143. The molecule has 3 N–H and O–H groups in total. The minimum Gasteiger partial charge on any atom is -0.508 e. The van der Waals surface area contributed by atoms with Gasteiger partial charge in [0.1, 0.15) is 17.2 Å². The normalized spacial score (nSPS) is 10.9. The van der Waals surface area contributed by atoms with Crippen LogP contribution in [-0.4, -0.2) is 15.3 Å². The number of hydrogen-bond donors (Lipinski definition) is 3. The molecule has 0 aliphatic carbocycles. The standard InChI is InChI=1S/C21H18Cl2O3/c1-12-13(6-15-10-17(24)2-4-20(15)22)8-19(26)9-14(12)7-16-11-18(25)3-5-21(16)23/h2-5,8-11,24-26H,6-7H2,1H3. The van der Waals surface area contributed by atoms with Gasteiger partial charge in [-0.2, -0.15) is 0 Å². The Morgan fingerprint density at radius 2 is 1.00 bits per heavy atom. The zero-order chi connectivity index (χ0) is 18.8. The van der Waals surface area contributed by atoms with Crippen LogP contribution in [0.25, 0.3) is 0 Å². The predicted octanol–water partition coefficient (Wildman–Crippen LogP) is 5.60.